The summed E-state index contributed by atoms with van der Waals surface area (Å²) in [4.78, 5) is 11.8. The van der Waals surface area contributed by atoms with Gasteiger partial charge in [0.2, 0.25) is 5.91 Å². The monoisotopic (exact) mass is 377 g/mol. The molecule has 2 N–H and O–H groups in total. The molecule has 4 nitrogen and oxygen atoms in total. The third-order valence-corrected chi connectivity index (χ3v) is 5.77. The minimum Gasteiger partial charge on any atom is -0.368 e. The maximum absolute atomic E-state index is 13.0. The Morgan fingerprint density at radius 3 is 2.50 bits per heavy atom. The van der Waals surface area contributed by atoms with Gasteiger partial charge in [0.1, 0.15) is 11.1 Å². The number of amides is 1. The molecule has 0 bridgehead atoms. The smallest absolute Gasteiger partial charge is 0.235 e. The van der Waals surface area contributed by atoms with Crippen LogP contribution < -0.4 is 5.73 Å². The van der Waals surface area contributed by atoms with E-state index in [4.69, 9.17) is 18.0 Å². The zero-order valence-corrected chi connectivity index (χ0v) is 14.7. The number of hydrogen-bond acceptors (Lipinski definition) is 5. The van der Waals surface area contributed by atoms with Gasteiger partial charge in [-0.15, -0.1) is 5.10 Å². The van der Waals surface area contributed by atoms with Crippen LogP contribution in [0.4, 0.5) is 4.39 Å². The molecule has 1 amide bonds. The molecule has 122 valence electrons. The zero-order chi connectivity index (χ0) is 17.1. The average Bonchev–Trinajstić information content (AvgIpc) is 2.94. The summed E-state index contributed by atoms with van der Waals surface area (Å²) < 4.78 is 15.7. The Balaban J connectivity index is 1.90. The zero-order valence-electron chi connectivity index (χ0n) is 12.3. The predicted molar refractivity (Wildman–Crippen MR) is 96.5 cm³/mol. The van der Waals surface area contributed by atoms with E-state index in [0.29, 0.717) is 14.0 Å². The first-order valence-corrected chi connectivity index (χ1v) is 9.02. The molecule has 24 heavy (non-hydrogen) atoms. The first kappa shape index (κ1) is 16.8. The van der Waals surface area contributed by atoms with E-state index in [1.165, 1.54) is 35.2 Å². The lowest BCUT2D eigenvalue weighted by molar-refractivity contribution is -0.117. The van der Waals surface area contributed by atoms with Crippen molar-refractivity contribution in [1.82, 2.24) is 9.78 Å². The molecule has 3 aromatic rings. The van der Waals surface area contributed by atoms with E-state index >= 15 is 0 Å². The van der Waals surface area contributed by atoms with Crippen LogP contribution in [0.5, 0.6) is 0 Å². The molecule has 0 aliphatic rings. The molecule has 1 heterocycles. The van der Waals surface area contributed by atoms with E-state index in [0.717, 1.165) is 5.56 Å². The summed E-state index contributed by atoms with van der Waals surface area (Å²) in [6, 6.07) is 15.2. The molecule has 0 aliphatic heterocycles. The van der Waals surface area contributed by atoms with Crippen molar-refractivity contribution in [1.29, 1.82) is 0 Å². The van der Waals surface area contributed by atoms with Gasteiger partial charge < -0.3 is 5.73 Å². The highest BCUT2D eigenvalue weighted by Gasteiger charge is 2.21. The number of thioether (sulfide) groups is 1. The van der Waals surface area contributed by atoms with Crippen LogP contribution in [0.25, 0.3) is 5.69 Å². The second-order valence-electron chi connectivity index (χ2n) is 4.83. The molecular formula is C16H12FN3OS3. The van der Waals surface area contributed by atoms with Crippen molar-refractivity contribution < 1.29 is 9.18 Å². The fourth-order valence-corrected chi connectivity index (χ4v) is 4.58. The van der Waals surface area contributed by atoms with Crippen molar-refractivity contribution in [2.24, 2.45) is 5.73 Å². The Kier molecular flexibility index (Phi) is 5.08. The molecule has 0 aliphatic carbocycles. The van der Waals surface area contributed by atoms with Gasteiger partial charge >= 0.3 is 0 Å². The van der Waals surface area contributed by atoms with E-state index in [2.05, 4.69) is 5.10 Å². The lowest BCUT2D eigenvalue weighted by Crippen LogP contribution is -2.18. The van der Waals surface area contributed by atoms with E-state index in [-0.39, 0.29) is 5.82 Å². The number of carbonyl (C=O) groups is 1. The lowest BCUT2D eigenvalue weighted by Gasteiger charge is -2.11. The Labute approximate surface area is 151 Å². The molecular weight excluding hydrogens is 365 g/mol. The van der Waals surface area contributed by atoms with Crippen molar-refractivity contribution >= 4 is 41.2 Å². The van der Waals surface area contributed by atoms with Gasteiger partial charge in [0.15, 0.2) is 8.29 Å². The number of hydrogen-bond donors (Lipinski definition) is 1. The van der Waals surface area contributed by atoms with E-state index < -0.39 is 11.2 Å². The normalized spacial score (nSPS) is 12.0. The van der Waals surface area contributed by atoms with Gasteiger partial charge in [-0.1, -0.05) is 53.4 Å². The fraction of sp³-hybridized carbons (Fsp3) is 0.0625. The largest absolute Gasteiger partial charge is 0.368 e. The van der Waals surface area contributed by atoms with Crippen LogP contribution in [0.2, 0.25) is 0 Å². The SMILES string of the molecule is NC(=O)[C@H](Sc1nn(-c2ccc(F)cc2)c(=S)s1)c1ccccc1. The van der Waals surface area contributed by atoms with Gasteiger partial charge in [0.25, 0.3) is 0 Å². The standard InChI is InChI=1S/C16H12FN3OS3/c17-11-6-8-12(9-7-11)20-16(22)24-15(19-20)23-13(14(18)21)10-4-2-1-3-5-10/h1-9,13H,(H2,18,21)/t13-/m1/s1. The number of carbonyl (C=O) groups excluding carboxylic acids is 1. The molecule has 0 fully saturated rings. The van der Waals surface area contributed by atoms with Crippen molar-refractivity contribution in [3.8, 4) is 5.69 Å². The van der Waals surface area contributed by atoms with Gasteiger partial charge in [-0.05, 0) is 42.0 Å². The van der Waals surface area contributed by atoms with Crippen LogP contribution in [0.1, 0.15) is 10.8 Å². The maximum Gasteiger partial charge on any atom is 0.235 e. The van der Waals surface area contributed by atoms with Crippen molar-refractivity contribution in [2.45, 2.75) is 9.59 Å². The van der Waals surface area contributed by atoms with Crippen LogP contribution >= 0.6 is 35.3 Å². The average molecular weight is 377 g/mol. The van der Waals surface area contributed by atoms with Crippen molar-refractivity contribution in [2.75, 3.05) is 0 Å². The Morgan fingerprint density at radius 1 is 1.21 bits per heavy atom. The van der Waals surface area contributed by atoms with E-state index in [9.17, 15) is 9.18 Å². The fourth-order valence-electron chi connectivity index (χ4n) is 2.07. The van der Waals surface area contributed by atoms with Gasteiger partial charge in [-0.2, -0.15) is 0 Å². The third-order valence-electron chi connectivity index (χ3n) is 3.18. The van der Waals surface area contributed by atoms with Crippen LogP contribution in [0, 0.1) is 9.77 Å². The number of rotatable bonds is 5. The number of benzene rings is 2. The summed E-state index contributed by atoms with van der Waals surface area (Å²) in [5.74, 6) is -0.770. The minimum atomic E-state index is -0.548. The van der Waals surface area contributed by atoms with Gasteiger partial charge in [0.05, 0.1) is 5.69 Å². The van der Waals surface area contributed by atoms with Crippen molar-refractivity contribution in [3.05, 3.63) is 69.9 Å². The summed E-state index contributed by atoms with van der Waals surface area (Å²) in [7, 11) is 0. The quantitative estimate of drug-likeness (QED) is 0.537. The maximum atomic E-state index is 13.0. The number of nitrogens with two attached hydrogens (primary N) is 1. The Morgan fingerprint density at radius 2 is 1.88 bits per heavy atom. The topological polar surface area (TPSA) is 60.9 Å². The van der Waals surface area contributed by atoms with Gasteiger partial charge in [-0.25, -0.2) is 9.07 Å². The van der Waals surface area contributed by atoms with Crippen LogP contribution in [0.15, 0.2) is 58.9 Å². The van der Waals surface area contributed by atoms with Crippen LogP contribution in [-0.2, 0) is 4.79 Å². The number of aromatic nitrogens is 2. The molecule has 0 unspecified atom stereocenters. The number of primary amides is 1. The molecule has 0 saturated heterocycles. The highest BCUT2D eigenvalue weighted by molar-refractivity contribution is 8.02. The Hall–Kier alpha value is -2.03. The minimum absolute atomic E-state index is 0.326. The molecule has 2 aromatic carbocycles. The van der Waals surface area contributed by atoms with E-state index in [1.54, 1.807) is 16.8 Å². The molecule has 0 radical (unpaired) electrons. The number of nitrogens with zero attached hydrogens (tertiary/aromatic N) is 2. The summed E-state index contributed by atoms with van der Waals surface area (Å²) in [6.07, 6.45) is 0. The summed E-state index contributed by atoms with van der Waals surface area (Å²) >= 11 is 7.85. The summed E-state index contributed by atoms with van der Waals surface area (Å²) in [6.45, 7) is 0. The van der Waals surface area contributed by atoms with Gasteiger partial charge in [0, 0.05) is 0 Å². The highest BCUT2D eigenvalue weighted by Crippen LogP contribution is 2.36. The molecule has 8 heteroatoms. The summed E-state index contributed by atoms with van der Waals surface area (Å²) in [5, 5.41) is 3.87. The third kappa shape index (κ3) is 3.72. The first-order chi connectivity index (χ1) is 11.5. The number of halogens is 1. The summed E-state index contributed by atoms with van der Waals surface area (Å²) in [5.41, 5.74) is 7.01. The van der Waals surface area contributed by atoms with E-state index in [1.807, 2.05) is 30.3 Å². The van der Waals surface area contributed by atoms with Gasteiger partial charge in [-0.3, -0.25) is 4.79 Å². The first-order valence-electron chi connectivity index (χ1n) is 6.91. The molecule has 0 saturated carbocycles. The lowest BCUT2D eigenvalue weighted by atomic mass is 10.1. The second-order valence-corrected chi connectivity index (χ2v) is 7.81. The van der Waals surface area contributed by atoms with Crippen LogP contribution in [-0.4, -0.2) is 15.7 Å². The molecule has 1 atom stereocenters. The van der Waals surface area contributed by atoms with Crippen molar-refractivity contribution in [3.63, 3.8) is 0 Å². The Bertz CT molecular complexity index is 906. The second kappa shape index (κ2) is 7.25. The molecule has 0 spiro atoms. The molecule has 3 rings (SSSR count). The predicted octanol–water partition coefficient (Wildman–Crippen LogP) is 4.12. The molecule has 1 aromatic heterocycles. The van der Waals surface area contributed by atoms with Crippen LogP contribution in [0.3, 0.4) is 0 Å². The highest BCUT2D eigenvalue weighted by atomic mass is 32.2.